The van der Waals surface area contributed by atoms with Crippen LogP contribution in [0.15, 0.2) is 23.7 Å². The van der Waals surface area contributed by atoms with Crippen molar-refractivity contribution in [2.24, 2.45) is 5.92 Å². The Labute approximate surface area is 78.2 Å². The molecule has 1 atom stereocenters. The van der Waals surface area contributed by atoms with Crippen molar-refractivity contribution in [2.75, 3.05) is 13.2 Å². The number of fused-ring (bicyclic) bond motifs is 1. The van der Waals surface area contributed by atoms with Gasteiger partial charge in [-0.2, -0.15) is 0 Å². The van der Waals surface area contributed by atoms with Gasteiger partial charge in [0, 0.05) is 12.3 Å². The van der Waals surface area contributed by atoms with Crippen LogP contribution in [0.2, 0.25) is 0 Å². The lowest BCUT2D eigenvalue weighted by Crippen LogP contribution is -2.15. The van der Waals surface area contributed by atoms with E-state index in [2.05, 4.69) is 18.8 Å². The van der Waals surface area contributed by atoms with Crippen LogP contribution < -0.4 is 0 Å². The van der Waals surface area contributed by atoms with Gasteiger partial charge in [-0.15, -0.1) is 0 Å². The van der Waals surface area contributed by atoms with Crippen molar-refractivity contribution in [3.05, 3.63) is 23.7 Å². The summed E-state index contributed by atoms with van der Waals surface area (Å²) in [6, 6.07) is 0. The fourth-order valence-corrected chi connectivity index (χ4v) is 1.37. The molecule has 68 valence electrons. The normalized spacial score (nSPS) is 33.8. The third kappa shape index (κ3) is 1.86. The van der Waals surface area contributed by atoms with Crippen LogP contribution in [0.25, 0.3) is 0 Å². The Balaban J connectivity index is 2.29. The average Bonchev–Trinajstić information content (AvgIpc) is 2.11. The molecule has 1 fully saturated rings. The quantitative estimate of drug-likeness (QED) is 0.524. The van der Waals surface area contributed by atoms with Gasteiger partial charge in [0.25, 0.3) is 0 Å². The molecule has 1 aliphatic heterocycles. The van der Waals surface area contributed by atoms with E-state index in [0.29, 0.717) is 13.2 Å². The fraction of sp³-hybridized carbons (Fsp3) is 0.455. The standard InChI is InChI=1S/C11H12O2/c1-9-4-2-3-5-10-11(8-9)13-7-6-12-10/h5,8-9H,3,6-7H2,1H3/b10-5+,11-8+. The van der Waals surface area contributed by atoms with Crippen LogP contribution in [-0.2, 0) is 9.47 Å². The molecule has 0 aromatic rings. The summed E-state index contributed by atoms with van der Waals surface area (Å²) in [5.74, 6) is 8.13. The Bertz CT molecular complexity index is 315. The van der Waals surface area contributed by atoms with Crippen LogP contribution in [0.3, 0.4) is 0 Å². The first kappa shape index (κ1) is 8.25. The van der Waals surface area contributed by atoms with E-state index in [0.717, 1.165) is 17.9 Å². The molecule has 13 heavy (non-hydrogen) atoms. The van der Waals surface area contributed by atoms with Gasteiger partial charge >= 0.3 is 0 Å². The molecule has 0 amide bonds. The highest BCUT2D eigenvalue weighted by molar-refractivity contribution is 5.28. The monoisotopic (exact) mass is 176 g/mol. The average molecular weight is 176 g/mol. The van der Waals surface area contributed by atoms with Gasteiger partial charge in [-0.05, 0) is 19.1 Å². The van der Waals surface area contributed by atoms with Gasteiger partial charge in [0.05, 0.1) is 0 Å². The summed E-state index contributed by atoms with van der Waals surface area (Å²) in [6.07, 6.45) is 4.74. The van der Waals surface area contributed by atoms with Gasteiger partial charge in [0.1, 0.15) is 13.2 Å². The number of allylic oxidation sites excluding steroid dienone is 2. The molecule has 2 nitrogen and oxygen atoms in total. The van der Waals surface area contributed by atoms with Crippen molar-refractivity contribution in [3.63, 3.8) is 0 Å². The number of hydrogen-bond acceptors (Lipinski definition) is 2. The lowest BCUT2D eigenvalue weighted by Gasteiger charge is -2.21. The van der Waals surface area contributed by atoms with Crippen LogP contribution >= 0.6 is 0 Å². The zero-order valence-corrected chi connectivity index (χ0v) is 7.67. The summed E-state index contributed by atoms with van der Waals surface area (Å²) in [7, 11) is 0. The van der Waals surface area contributed by atoms with E-state index >= 15 is 0 Å². The maximum Gasteiger partial charge on any atom is 0.158 e. The lowest BCUT2D eigenvalue weighted by molar-refractivity contribution is 0.0582. The van der Waals surface area contributed by atoms with E-state index in [4.69, 9.17) is 9.47 Å². The predicted molar refractivity (Wildman–Crippen MR) is 49.6 cm³/mol. The van der Waals surface area contributed by atoms with Crippen molar-refractivity contribution < 1.29 is 9.47 Å². The molecular weight excluding hydrogens is 164 g/mol. The Morgan fingerprint density at radius 2 is 2.08 bits per heavy atom. The number of hydrogen-bond donors (Lipinski definition) is 0. The van der Waals surface area contributed by atoms with E-state index in [1.165, 1.54) is 0 Å². The van der Waals surface area contributed by atoms with E-state index in [9.17, 15) is 0 Å². The minimum Gasteiger partial charge on any atom is -0.486 e. The Kier molecular flexibility index (Phi) is 2.27. The molecule has 2 rings (SSSR count). The molecule has 0 N–H and O–H groups in total. The molecule has 0 bridgehead atoms. The molecule has 0 spiro atoms. The first-order chi connectivity index (χ1) is 6.36. The molecule has 0 saturated carbocycles. The second kappa shape index (κ2) is 3.57. The minimum atomic E-state index is 0.250. The van der Waals surface area contributed by atoms with Gasteiger partial charge < -0.3 is 9.47 Å². The van der Waals surface area contributed by atoms with Crippen molar-refractivity contribution in [3.8, 4) is 11.8 Å². The van der Waals surface area contributed by atoms with Crippen LogP contribution in [0.5, 0.6) is 0 Å². The van der Waals surface area contributed by atoms with Gasteiger partial charge in [-0.1, -0.05) is 11.8 Å². The third-order valence-electron chi connectivity index (χ3n) is 1.96. The molecule has 1 saturated heterocycles. The summed E-state index contributed by atoms with van der Waals surface area (Å²) in [6.45, 7) is 3.34. The van der Waals surface area contributed by atoms with Crippen molar-refractivity contribution in [1.29, 1.82) is 0 Å². The van der Waals surface area contributed by atoms with Crippen molar-refractivity contribution >= 4 is 0 Å². The first-order valence-corrected chi connectivity index (χ1v) is 4.52. The second-order valence-corrected chi connectivity index (χ2v) is 3.11. The molecule has 1 unspecified atom stereocenters. The first-order valence-electron chi connectivity index (χ1n) is 4.52. The highest BCUT2D eigenvalue weighted by Crippen LogP contribution is 2.21. The smallest absolute Gasteiger partial charge is 0.158 e. The Hall–Kier alpha value is -1.36. The van der Waals surface area contributed by atoms with E-state index in [1.54, 1.807) is 0 Å². The summed E-state index contributed by atoms with van der Waals surface area (Å²) in [4.78, 5) is 0. The van der Waals surface area contributed by atoms with Crippen molar-refractivity contribution in [2.45, 2.75) is 13.3 Å². The summed E-state index contributed by atoms with van der Waals surface area (Å²) < 4.78 is 11.0. The maximum atomic E-state index is 5.49. The molecule has 2 heteroatoms. The summed E-state index contributed by atoms with van der Waals surface area (Å²) in [5, 5.41) is 0. The zero-order chi connectivity index (χ0) is 9.10. The summed E-state index contributed by atoms with van der Waals surface area (Å²) in [5.41, 5.74) is 0. The largest absolute Gasteiger partial charge is 0.486 e. The minimum absolute atomic E-state index is 0.250. The second-order valence-electron chi connectivity index (χ2n) is 3.11. The Morgan fingerprint density at radius 1 is 1.31 bits per heavy atom. The van der Waals surface area contributed by atoms with Crippen LogP contribution in [0.1, 0.15) is 13.3 Å². The lowest BCUT2D eigenvalue weighted by atomic mass is 10.1. The molecule has 1 aliphatic carbocycles. The summed E-state index contributed by atoms with van der Waals surface area (Å²) >= 11 is 0. The number of rotatable bonds is 0. The molecule has 0 aromatic heterocycles. The maximum absolute atomic E-state index is 5.49. The SMILES string of the molecule is CC1C#CC/C=C2/OCCO/C2=C/1. The predicted octanol–water partition coefficient (Wildman–Crippen LogP) is 1.84. The number of ether oxygens (including phenoxy) is 2. The molecule has 0 radical (unpaired) electrons. The molecule has 1 heterocycles. The van der Waals surface area contributed by atoms with Gasteiger partial charge in [0.15, 0.2) is 11.5 Å². The Morgan fingerprint density at radius 3 is 2.92 bits per heavy atom. The highest BCUT2D eigenvalue weighted by atomic mass is 16.6. The molecule has 2 aliphatic rings. The third-order valence-corrected chi connectivity index (χ3v) is 1.96. The van der Waals surface area contributed by atoms with E-state index in [-0.39, 0.29) is 5.92 Å². The highest BCUT2D eigenvalue weighted by Gasteiger charge is 2.15. The van der Waals surface area contributed by atoms with Crippen LogP contribution in [-0.4, -0.2) is 13.2 Å². The van der Waals surface area contributed by atoms with Gasteiger partial charge in [-0.3, -0.25) is 0 Å². The molecular formula is C11H12O2. The van der Waals surface area contributed by atoms with Crippen LogP contribution in [0, 0.1) is 17.8 Å². The molecule has 0 aromatic carbocycles. The van der Waals surface area contributed by atoms with E-state index in [1.807, 2.05) is 12.2 Å². The fourth-order valence-electron chi connectivity index (χ4n) is 1.37. The van der Waals surface area contributed by atoms with E-state index < -0.39 is 0 Å². The van der Waals surface area contributed by atoms with Gasteiger partial charge in [0.2, 0.25) is 0 Å². The zero-order valence-electron chi connectivity index (χ0n) is 7.67. The van der Waals surface area contributed by atoms with Crippen LogP contribution in [0.4, 0.5) is 0 Å². The van der Waals surface area contributed by atoms with Gasteiger partial charge in [-0.25, -0.2) is 0 Å². The topological polar surface area (TPSA) is 18.5 Å². The van der Waals surface area contributed by atoms with Crippen molar-refractivity contribution in [1.82, 2.24) is 0 Å².